The summed E-state index contributed by atoms with van der Waals surface area (Å²) >= 11 is 5.77. The minimum atomic E-state index is -0.531. The van der Waals surface area contributed by atoms with Gasteiger partial charge in [-0.2, -0.15) is 0 Å². The normalized spacial score (nSPS) is 26.2. The molecule has 0 heterocycles. The molecule has 0 saturated heterocycles. The Kier molecular flexibility index (Phi) is 2.15. The molecule has 2 rings (SSSR count). The maximum atomic E-state index is 11.3. The molecule has 0 radical (unpaired) electrons. The fraction of sp³-hybridized carbons (Fsp3) is 0.444. The van der Waals surface area contributed by atoms with Gasteiger partial charge in [-0.25, -0.2) is 0 Å². The van der Waals surface area contributed by atoms with Crippen LogP contribution in [0, 0.1) is 16.0 Å². The molecule has 0 aromatic heterocycles. The molecule has 0 bridgehead atoms. The van der Waals surface area contributed by atoms with Gasteiger partial charge in [0.15, 0.2) is 5.78 Å². The minimum Gasteiger partial charge on any atom is -0.295 e. The predicted octanol–water partition coefficient (Wildman–Crippen LogP) is 2.02. The summed E-state index contributed by atoms with van der Waals surface area (Å²) in [5.74, 6) is 0.136. The van der Waals surface area contributed by atoms with Crippen LogP contribution in [0.5, 0.6) is 0 Å². The Morgan fingerprint density at radius 2 is 2.29 bits per heavy atom. The number of nitro groups is 1. The highest BCUT2D eigenvalue weighted by Crippen LogP contribution is 2.39. The lowest BCUT2D eigenvalue weighted by atomic mass is 9.93. The molecule has 0 aromatic carbocycles. The van der Waals surface area contributed by atoms with E-state index in [1.807, 2.05) is 0 Å². The van der Waals surface area contributed by atoms with Crippen molar-refractivity contribution in [2.75, 3.05) is 0 Å². The van der Waals surface area contributed by atoms with Crippen LogP contribution in [0.4, 0.5) is 0 Å². The number of halogens is 1. The van der Waals surface area contributed by atoms with Crippen molar-refractivity contribution in [1.82, 2.24) is 0 Å². The van der Waals surface area contributed by atoms with E-state index < -0.39 is 4.92 Å². The van der Waals surface area contributed by atoms with E-state index in [4.69, 9.17) is 11.6 Å². The van der Waals surface area contributed by atoms with Gasteiger partial charge in [-0.05, 0) is 18.8 Å². The van der Waals surface area contributed by atoms with Crippen molar-refractivity contribution in [3.63, 3.8) is 0 Å². The predicted molar refractivity (Wildman–Crippen MR) is 50.3 cm³/mol. The Labute approximate surface area is 85.4 Å². The average Bonchev–Trinajstić information content (AvgIpc) is 2.46. The maximum absolute atomic E-state index is 11.3. The van der Waals surface area contributed by atoms with Gasteiger partial charge in [-0.15, -0.1) is 0 Å². The van der Waals surface area contributed by atoms with Crippen molar-refractivity contribution in [1.29, 1.82) is 0 Å². The van der Waals surface area contributed by atoms with Crippen LogP contribution in [-0.4, -0.2) is 10.7 Å². The van der Waals surface area contributed by atoms with E-state index in [1.54, 1.807) is 0 Å². The zero-order valence-corrected chi connectivity index (χ0v) is 8.08. The largest absolute Gasteiger partial charge is 0.295 e. The summed E-state index contributed by atoms with van der Waals surface area (Å²) in [7, 11) is 0. The summed E-state index contributed by atoms with van der Waals surface area (Å²) in [5, 5.41) is 10.8. The standard InChI is InChI=1S/C9H8ClNO3/c10-7-3-5-1-2-9(12)6(5)4-8(7)11(13)14/h4-5H,1-3H2. The molecule has 5 heteroatoms. The summed E-state index contributed by atoms with van der Waals surface area (Å²) < 4.78 is 0. The third-order valence-corrected chi connectivity index (χ3v) is 3.02. The molecule has 2 aliphatic rings. The number of fused-ring (bicyclic) bond motifs is 1. The topological polar surface area (TPSA) is 60.2 Å². The summed E-state index contributed by atoms with van der Waals surface area (Å²) in [6.45, 7) is 0. The Morgan fingerprint density at radius 1 is 1.57 bits per heavy atom. The molecule has 4 nitrogen and oxygen atoms in total. The maximum Gasteiger partial charge on any atom is 0.284 e. The number of allylic oxidation sites excluding steroid dienone is 3. The Balaban J connectivity index is 2.41. The number of rotatable bonds is 1. The first-order valence-electron chi connectivity index (χ1n) is 4.37. The molecule has 1 unspecified atom stereocenters. The lowest BCUT2D eigenvalue weighted by Crippen LogP contribution is -2.11. The molecular weight excluding hydrogens is 206 g/mol. The molecule has 0 N–H and O–H groups in total. The van der Waals surface area contributed by atoms with Crippen LogP contribution in [0.3, 0.4) is 0 Å². The summed E-state index contributed by atoms with van der Waals surface area (Å²) in [5.41, 5.74) is 0.467. The number of carbonyl (C=O) groups is 1. The first-order valence-corrected chi connectivity index (χ1v) is 4.75. The first kappa shape index (κ1) is 9.40. The number of hydrogen-bond donors (Lipinski definition) is 0. The van der Waals surface area contributed by atoms with Crippen molar-refractivity contribution < 1.29 is 9.72 Å². The Bertz CT molecular complexity index is 384. The van der Waals surface area contributed by atoms with Crippen LogP contribution in [0.25, 0.3) is 0 Å². The van der Waals surface area contributed by atoms with E-state index in [0.717, 1.165) is 6.42 Å². The lowest BCUT2D eigenvalue weighted by molar-refractivity contribution is -0.420. The van der Waals surface area contributed by atoms with Crippen LogP contribution in [0.1, 0.15) is 19.3 Å². The van der Waals surface area contributed by atoms with Crippen molar-refractivity contribution in [2.45, 2.75) is 19.3 Å². The zero-order valence-electron chi connectivity index (χ0n) is 7.33. The van der Waals surface area contributed by atoms with Gasteiger partial charge in [0.05, 0.1) is 9.96 Å². The third kappa shape index (κ3) is 1.35. The summed E-state index contributed by atoms with van der Waals surface area (Å²) in [6.07, 6.45) is 3.04. The fourth-order valence-corrected chi connectivity index (χ4v) is 2.25. The molecule has 2 aliphatic carbocycles. The van der Waals surface area contributed by atoms with Crippen LogP contribution < -0.4 is 0 Å². The van der Waals surface area contributed by atoms with Gasteiger partial charge >= 0.3 is 0 Å². The molecule has 0 spiro atoms. The second-order valence-electron chi connectivity index (χ2n) is 3.51. The Hall–Kier alpha value is -1.16. The summed E-state index contributed by atoms with van der Waals surface area (Å²) in [4.78, 5) is 21.4. The molecule has 74 valence electrons. The van der Waals surface area contributed by atoms with E-state index in [1.165, 1.54) is 6.08 Å². The molecule has 1 atom stereocenters. The van der Waals surface area contributed by atoms with Crippen LogP contribution >= 0.6 is 11.6 Å². The number of nitrogens with zero attached hydrogens (tertiary/aromatic N) is 1. The van der Waals surface area contributed by atoms with Crippen molar-refractivity contribution in [3.8, 4) is 0 Å². The average molecular weight is 214 g/mol. The molecule has 0 amide bonds. The highest BCUT2D eigenvalue weighted by molar-refractivity contribution is 6.30. The monoisotopic (exact) mass is 213 g/mol. The number of hydrogen-bond acceptors (Lipinski definition) is 3. The van der Waals surface area contributed by atoms with Crippen molar-refractivity contribution >= 4 is 17.4 Å². The van der Waals surface area contributed by atoms with E-state index >= 15 is 0 Å². The lowest BCUT2D eigenvalue weighted by Gasteiger charge is -2.14. The van der Waals surface area contributed by atoms with E-state index in [2.05, 4.69) is 0 Å². The minimum absolute atomic E-state index is 0.0264. The third-order valence-electron chi connectivity index (χ3n) is 2.67. The molecular formula is C9H8ClNO3. The van der Waals surface area contributed by atoms with E-state index in [0.29, 0.717) is 18.4 Å². The Morgan fingerprint density at radius 3 is 2.93 bits per heavy atom. The van der Waals surface area contributed by atoms with Crippen molar-refractivity contribution in [2.24, 2.45) is 5.92 Å². The SMILES string of the molecule is O=C1CCC2CC(Cl)=C([N+](=O)[O-])C=C12. The van der Waals surface area contributed by atoms with Gasteiger partial charge < -0.3 is 0 Å². The van der Waals surface area contributed by atoms with Crippen LogP contribution in [0.15, 0.2) is 22.4 Å². The number of Topliss-reactive ketones (excluding diaryl/α,β-unsaturated/α-hetero) is 1. The van der Waals surface area contributed by atoms with Gasteiger partial charge in [-0.1, -0.05) is 11.6 Å². The molecule has 14 heavy (non-hydrogen) atoms. The highest BCUT2D eigenvalue weighted by atomic mass is 35.5. The quantitative estimate of drug-likeness (QED) is 0.495. The van der Waals surface area contributed by atoms with E-state index in [-0.39, 0.29) is 22.4 Å². The number of carbonyl (C=O) groups excluding carboxylic acids is 1. The van der Waals surface area contributed by atoms with Gasteiger partial charge in [0.25, 0.3) is 5.70 Å². The van der Waals surface area contributed by atoms with E-state index in [9.17, 15) is 14.9 Å². The second-order valence-corrected chi connectivity index (χ2v) is 3.97. The zero-order chi connectivity index (χ0) is 10.3. The molecule has 1 saturated carbocycles. The number of ketones is 1. The smallest absolute Gasteiger partial charge is 0.284 e. The fourth-order valence-electron chi connectivity index (χ4n) is 1.94. The van der Waals surface area contributed by atoms with Gasteiger partial charge in [-0.3, -0.25) is 14.9 Å². The second kappa shape index (κ2) is 3.20. The molecule has 0 aliphatic heterocycles. The van der Waals surface area contributed by atoms with Crippen LogP contribution in [0.2, 0.25) is 0 Å². The highest BCUT2D eigenvalue weighted by Gasteiger charge is 2.35. The van der Waals surface area contributed by atoms with Gasteiger partial charge in [0, 0.05) is 18.1 Å². The molecule has 1 fully saturated rings. The molecule has 0 aromatic rings. The van der Waals surface area contributed by atoms with Crippen LogP contribution in [-0.2, 0) is 4.79 Å². The van der Waals surface area contributed by atoms with Gasteiger partial charge in [0.1, 0.15) is 0 Å². The summed E-state index contributed by atoms with van der Waals surface area (Å²) in [6, 6.07) is 0. The van der Waals surface area contributed by atoms with Crippen molar-refractivity contribution in [3.05, 3.63) is 32.5 Å². The first-order chi connectivity index (χ1) is 6.59. The van der Waals surface area contributed by atoms with Gasteiger partial charge in [0.2, 0.25) is 0 Å².